The van der Waals surface area contributed by atoms with Gasteiger partial charge in [0.25, 0.3) is 0 Å². The van der Waals surface area contributed by atoms with Crippen LogP contribution in [0.3, 0.4) is 0 Å². The lowest BCUT2D eigenvalue weighted by Crippen LogP contribution is -2.37. The maximum atomic E-state index is 13.8. The van der Waals surface area contributed by atoms with Gasteiger partial charge in [0.1, 0.15) is 11.6 Å². The Morgan fingerprint density at radius 2 is 2.11 bits per heavy atom. The van der Waals surface area contributed by atoms with Gasteiger partial charge >= 0.3 is 0 Å². The summed E-state index contributed by atoms with van der Waals surface area (Å²) in [5, 5.41) is 3.38. The zero-order valence-corrected chi connectivity index (χ0v) is 11.8. The molecule has 1 atom stereocenters. The molecule has 4 heteroatoms. The van der Waals surface area contributed by atoms with Crippen molar-refractivity contribution in [3.63, 3.8) is 0 Å². The van der Waals surface area contributed by atoms with Crippen LogP contribution >= 0.6 is 0 Å². The highest BCUT2D eigenvalue weighted by atomic mass is 19.1. The van der Waals surface area contributed by atoms with Crippen LogP contribution in [0.1, 0.15) is 25.3 Å². The number of nitrogens with one attached hydrogen (secondary N) is 1. The molecule has 0 aliphatic carbocycles. The second kappa shape index (κ2) is 6.87. The van der Waals surface area contributed by atoms with Crippen LogP contribution in [0.2, 0.25) is 0 Å². The average molecular weight is 266 g/mol. The van der Waals surface area contributed by atoms with Gasteiger partial charge in [0.2, 0.25) is 0 Å². The van der Waals surface area contributed by atoms with E-state index in [0.29, 0.717) is 23.9 Å². The second-order valence-corrected chi connectivity index (χ2v) is 5.21. The molecule has 2 rings (SSSR count). The summed E-state index contributed by atoms with van der Waals surface area (Å²) >= 11 is 0. The first kappa shape index (κ1) is 14.3. The first-order valence-electron chi connectivity index (χ1n) is 6.98. The molecule has 0 aromatic heterocycles. The van der Waals surface area contributed by atoms with E-state index in [1.165, 1.54) is 32.0 Å². The molecule has 106 valence electrons. The van der Waals surface area contributed by atoms with E-state index in [2.05, 4.69) is 17.1 Å². The summed E-state index contributed by atoms with van der Waals surface area (Å²) in [6.45, 7) is 6.05. The Balaban J connectivity index is 1.87. The number of ether oxygens (including phenoxy) is 1. The van der Waals surface area contributed by atoms with Crippen LogP contribution in [0.25, 0.3) is 0 Å². The predicted molar refractivity (Wildman–Crippen MR) is 74.9 cm³/mol. The highest BCUT2D eigenvalue weighted by molar-refractivity contribution is 5.34. The zero-order valence-electron chi connectivity index (χ0n) is 11.8. The Bertz CT molecular complexity index is 405. The van der Waals surface area contributed by atoms with Gasteiger partial charge in [-0.25, -0.2) is 4.39 Å². The zero-order chi connectivity index (χ0) is 13.7. The fourth-order valence-corrected chi connectivity index (χ4v) is 2.60. The fourth-order valence-electron chi connectivity index (χ4n) is 2.60. The van der Waals surface area contributed by atoms with E-state index in [4.69, 9.17) is 4.74 Å². The number of methoxy groups -OCH3 is 1. The molecule has 1 fully saturated rings. The fraction of sp³-hybridized carbons (Fsp3) is 0.600. The molecule has 1 aliphatic rings. The molecule has 1 heterocycles. The molecule has 1 N–H and O–H groups in total. The minimum atomic E-state index is -0.208. The van der Waals surface area contributed by atoms with E-state index in [0.717, 1.165) is 6.54 Å². The van der Waals surface area contributed by atoms with Gasteiger partial charge < -0.3 is 15.0 Å². The van der Waals surface area contributed by atoms with Crippen molar-refractivity contribution in [2.24, 2.45) is 0 Å². The molecule has 0 amide bonds. The van der Waals surface area contributed by atoms with Crippen molar-refractivity contribution in [1.82, 2.24) is 10.2 Å². The van der Waals surface area contributed by atoms with E-state index in [9.17, 15) is 4.39 Å². The molecule has 0 saturated carbocycles. The molecule has 1 aromatic rings. The standard InChI is InChI=1S/C15H23FN2O/c1-12(11-18-8-3-4-9-18)17-10-13-14(16)6-5-7-15(13)19-2/h5-7,12,17H,3-4,8-11H2,1-2H3. The first-order valence-corrected chi connectivity index (χ1v) is 6.98. The molecule has 1 unspecified atom stereocenters. The third-order valence-electron chi connectivity index (χ3n) is 3.65. The summed E-state index contributed by atoms with van der Waals surface area (Å²) in [5.74, 6) is 0.404. The summed E-state index contributed by atoms with van der Waals surface area (Å²) in [4.78, 5) is 2.45. The highest BCUT2D eigenvalue weighted by Gasteiger charge is 2.15. The maximum absolute atomic E-state index is 13.8. The molecular weight excluding hydrogens is 243 g/mol. The van der Waals surface area contributed by atoms with Gasteiger partial charge in [-0.15, -0.1) is 0 Å². The Labute approximate surface area is 114 Å². The Morgan fingerprint density at radius 3 is 2.79 bits per heavy atom. The lowest BCUT2D eigenvalue weighted by molar-refractivity contribution is 0.296. The topological polar surface area (TPSA) is 24.5 Å². The molecule has 0 radical (unpaired) electrons. The summed E-state index contributed by atoms with van der Waals surface area (Å²) in [5.41, 5.74) is 0.610. The smallest absolute Gasteiger partial charge is 0.131 e. The normalized spacial score (nSPS) is 17.6. The van der Waals surface area contributed by atoms with Gasteiger partial charge in [-0.3, -0.25) is 0 Å². The van der Waals surface area contributed by atoms with Crippen molar-refractivity contribution in [3.05, 3.63) is 29.6 Å². The molecule has 1 saturated heterocycles. The van der Waals surface area contributed by atoms with E-state index in [-0.39, 0.29) is 5.82 Å². The lowest BCUT2D eigenvalue weighted by Gasteiger charge is -2.21. The number of halogens is 1. The predicted octanol–water partition coefficient (Wildman–Crippen LogP) is 2.41. The third-order valence-corrected chi connectivity index (χ3v) is 3.65. The van der Waals surface area contributed by atoms with Gasteiger partial charge in [-0.2, -0.15) is 0 Å². The summed E-state index contributed by atoms with van der Waals surface area (Å²) in [6, 6.07) is 5.30. The van der Waals surface area contributed by atoms with Crippen LogP contribution in [0.4, 0.5) is 4.39 Å². The number of rotatable bonds is 6. The summed E-state index contributed by atoms with van der Waals surface area (Å²) in [6.07, 6.45) is 2.60. The minimum absolute atomic E-state index is 0.208. The number of hydrogen-bond acceptors (Lipinski definition) is 3. The van der Waals surface area contributed by atoms with Crippen LogP contribution in [0, 0.1) is 5.82 Å². The molecule has 1 aliphatic heterocycles. The lowest BCUT2D eigenvalue weighted by atomic mass is 10.1. The Hall–Kier alpha value is -1.13. The molecule has 0 spiro atoms. The van der Waals surface area contributed by atoms with Gasteiger partial charge in [0.15, 0.2) is 0 Å². The van der Waals surface area contributed by atoms with Crippen molar-refractivity contribution in [2.45, 2.75) is 32.4 Å². The largest absolute Gasteiger partial charge is 0.496 e. The minimum Gasteiger partial charge on any atom is -0.496 e. The van der Waals surface area contributed by atoms with Crippen LogP contribution < -0.4 is 10.1 Å². The van der Waals surface area contributed by atoms with Gasteiger partial charge in [0, 0.05) is 24.7 Å². The third kappa shape index (κ3) is 3.91. The van der Waals surface area contributed by atoms with Gasteiger partial charge in [-0.05, 0) is 45.0 Å². The summed E-state index contributed by atoms with van der Waals surface area (Å²) in [7, 11) is 1.58. The van der Waals surface area contributed by atoms with Crippen LogP contribution in [0.5, 0.6) is 5.75 Å². The molecule has 0 bridgehead atoms. The van der Waals surface area contributed by atoms with Crippen molar-refractivity contribution in [1.29, 1.82) is 0 Å². The SMILES string of the molecule is COc1cccc(F)c1CNC(C)CN1CCCC1. The quantitative estimate of drug-likeness (QED) is 0.855. The summed E-state index contributed by atoms with van der Waals surface area (Å²) < 4.78 is 19.0. The molecule has 1 aromatic carbocycles. The van der Waals surface area contributed by atoms with Gasteiger partial charge in [-0.1, -0.05) is 6.07 Å². The number of hydrogen-bond donors (Lipinski definition) is 1. The maximum Gasteiger partial charge on any atom is 0.131 e. The van der Waals surface area contributed by atoms with Crippen molar-refractivity contribution >= 4 is 0 Å². The average Bonchev–Trinajstić information content (AvgIpc) is 2.89. The van der Waals surface area contributed by atoms with E-state index >= 15 is 0 Å². The first-order chi connectivity index (χ1) is 9.20. The monoisotopic (exact) mass is 266 g/mol. The highest BCUT2D eigenvalue weighted by Crippen LogP contribution is 2.21. The second-order valence-electron chi connectivity index (χ2n) is 5.21. The van der Waals surface area contributed by atoms with Crippen LogP contribution in [-0.4, -0.2) is 37.7 Å². The van der Waals surface area contributed by atoms with Crippen molar-refractivity contribution in [3.8, 4) is 5.75 Å². The Morgan fingerprint density at radius 1 is 1.37 bits per heavy atom. The van der Waals surface area contributed by atoms with E-state index < -0.39 is 0 Å². The van der Waals surface area contributed by atoms with Crippen LogP contribution in [-0.2, 0) is 6.54 Å². The van der Waals surface area contributed by atoms with Crippen molar-refractivity contribution < 1.29 is 9.13 Å². The molecule has 19 heavy (non-hydrogen) atoms. The van der Waals surface area contributed by atoms with Crippen molar-refractivity contribution in [2.75, 3.05) is 26.7 Å². The molecule has 3 nitrogen and oxygen atoms in total. The Kier molecular flexibility index (Phi) is 5.16. The number of benzene rings is 1. The number of likely N-dealkylation sites (tertiary alicyclic amines) is 1. The molecular formula is C15H23FN2O. The van der Waals surface area contributed by atoms with Crippen LogP contribution in [0.15, 0.2) is 18.2 Å². The van der Waals surface area contributed by atoms with Gasteiger partial charge in [0.05, 0.1) is 7.11 Å². The number of nitrogens with zero attached hydrogens (tertiary/aromatic N) is 1. The van der Waals surface area contributed by atoms with E-state index in [1.54, 1.807) is 19.2 Å². The van der Waals surface area contributed by atoms with E-state index in [1.807, 2.05) is 0 Å².